The lowest BCUT2D eigenvalue weighted by Crippen LogP contribution is -2.44. The van der Waals surface area contributed by atoms with Crippen LogP contribution < -0.4 is 10.2 Å². The number of nitrogens with one attached hydrogen (secondary N) is 1. The number of anilines is 1. The van der Waals surface area contributed by atoms with E-state index in [2.05, 4.69) is 28.4 Å². The number of benzene rings is 2. The summed E-state index contributed by atoms with van der Waals surface area (Å²) in [7, 11) is 1.68. The number of rotatable bonds is 6. The lowest BCUT2D eigenvalue weighted by atomic mass is 10.1. The molecule has 0 aliphatic carbocycles. The molecule has 0 amide bonds. The number of carboxylic acids is 1. The van der Waals surface area contributed by atoms with Gasteiger partial charge in [0.25, 0.3) is 0 Å². The molecule has 2 rings (SSSR count). The van der Waals surface area contributed by atoms with Crippen molar-refractivity contribution in [3.8, 4) is 0 Å². The van der Waals surface area contributed by atoms with E-state index < -0.39 is 12.0 Å². The topological polar surface area (TPSA) is 52.6 Å². The van der Waals surface area contributed by atoms with Gasteiger partial charge < -0.3 is 15.3 Å². The number of hydrogen-bond acceptors (Lipinski definition) is 3. The maximum atomic E-state index is 11.2. The molecule has 106 valence electrons. The molecular weight excluding hydrogens is 252 g/mol. The van der Waals surface area contributed by atoms with Crippen LogP contribution in [0.2, 0.25) is 0 Å². The van der Waals surface area contributed by atoms with Crippen molar-refractivity contribution in [1.82, 2.24) is 5.32 Å². The van der Waals surface area contributed by atoms with Crippen molar-refractivity contribution in [3.63, 3.8) is 0 Å². The molecule has 0 bridgehead atoms. The minimum absolute atomic E-state index is 0.441. The maximum Gasteiger partial charge on any atom is 0.322 e. The third-order valence-corrected chi connectivity index (χ3v) is 3.54. The molecule has 1 unspecified atom stereocenters. The van der Waals surface area contributed by atoms with Gasteiger partial charge in [-0.05, 0) is 25.4 Å². The molecule has 0 spiro atoms. The number of fused-ring (bicyclic) bond motifs is 1. The van der Waals surface area contributed by atoms with Gasteiger partial charge in [-0.25, -0.2) is 0 Å². The highest BCUT2D eigenvalue weighted by atomic mass is 16.4. The highest BCUT2D eigenvalue weighted by molar-refractivity contribution is 5.94. The summed E-state index contributed by atoms with van der Waals surface area (Å²) in [6, 6.07) is 13.7. The van der Waals surface area contributed by atoms with Crippen molar-refractivity contribution in [3.05, 3.63) is 42.5 Å². The molecule has 0 heterocycles. The largest absolute Gasteiger partial charge is 0.480 e. The predicted molar refractivity (Wildman–Crippen MR) is 82.3 cm³/mol. The lowest BCUT2D eigenvalue weighted by molar-refractivity contribution is -0.139. The first-order valence-electron chi connectivity index (χ1n) is 6.80. The Hall–Kier alpha value is -2.07. The Morgan fingerprint density at radius 3 is 2.60 bits per heavy atom. The number of hydrogen-bond donors (Lipinski definition) is 2. The van der Waals surface area contributed by atoms with E-state index in [1.54, 1.807) is 7.05 Å². The van der Waals surface area contributed by atoms with Crippen LogP contribution in [-0.2, 0) is 4.79 Å². The molecular formula is C16H20N2O2. The third-order valence-electron chi connectivity index (χ3n) is 3.54. The fourth-order valence-corrected chi connectivity index (χ4v) is 2.40. The molecule has 2 N–H and O–H groups in total. The van der Waals surface area contributed by atoms with Crippen LogP contribution in [0.4, 0.5) is 5.69 Å². The van der Waals surface area contributed by atoms with Crippen molar-refractivity contribution >= 4 is 22.4 Å². The van der Waals surface area contributed by atoms with Gasteiger partial charge in [0.05, 0.1) is 0 Å². The quantitative estimate of drug-likeness (QED) is 0.847. The van der Waals surface area contributed by atoms with Gasteiger partial charge in [0.1, 0.15) is 6.04 Å². The van der Waals surface area contributed by atoms with Crippen LogP contribution in [0.5, 0.6) is 0 Å². The summed E-state index contributed by atoms with van der Waals surface area (Å²) >= 11 is 0. The third kappa shape index (κ3) is 2.91. The molecule has 2 aromatic rings. The van der Waals surface area contributed by atoms with E-state index in [1.807, 2.05) is 31.2 Å². The smallest absolute Gasteiger partial charge is 0.322 e. The van der Waals surface area contributed by atoms with Crippen LogP contribution in [0.15, 0.2) is 42.5 Å². The highest BCUT2D eigenvalue weighted by Gasteiger charge is 2.19. The van der Waals surface area contributed by atoms with Crippen LogP contribution in [0.25, 0.3) is 10.8 Å². The predicted octanol–water partition coefficient (Wildman–Crippen LogP) is 2.34. The summed E-state index contributed by atoms with van der Waals surface area (Å²) in [5, 5.41) is 14.3. The molecule has 2 aromatic carbocycles. The Morgan fingerprint density at radius 2 is 1.95 bits per heavy atom. The van der Waals surface area contributed by atoms with Crippen LogP contribution in [0.3, 0.4) is 0 Å². The van der Waals surface area contributed by atoms with Gasteiger partial charge in [0, 0.05) is 24.2 Å². The van der Waals surface area contributed by atoms with Gasteiger partial charge in [-0.2, -0.15) is 0 Å². The molecule has 0 aliphatic heterocycles. The van der Waals surface area contributed by atoms with Crippen molar-refractivity contribution < 1.29 is 9.90 Å². The number of likely N-dealkylation sites (N-methyl/N-ethyl adjacent to an activating group) is 2. The SMILES string of the molecule is CCN(CC(NC)C(=O)O)c1cccc2ccccc12. The fraction of sp³-hybridized carbons (Fsp3) is 0.312. The zero-order valence-corrected chi connectivity index (χ0v) is 11.8. The molecule has 0 saturated carbocycles. The molecule has 0 saturated heterocycles. The summed E-state index contributed by atoms with van der Waals surface area (Å²) < 4.78 is 0. The van der Waals surface area contributed by atoms with E-state index >= 15 is 0 Å². The summed E-state index contributed by atoms with van der Waals surface area (Å²) in [4.78, 5) is 13.3. The summed E-state index contributed by atoms with van der Waals surface area (Å²) in [6.45, 7) is 3.24. The first-order valence-corrected chi connectivity index (χ1v) is 6.80. The minimum Gasteiger partial charge on any atom is -0.480 e. The summed E-state index contributed by atoms with van der Waals surface area (Å²) in [5.41, 5.74) is 1.08. The van der Waals surface area contributed by atoms with Crippen LogP contribution in [0.1, 0.15) is 6.92 Å². The molecule has 1 atom stereocenters. The standard InChI is InChI=1S/C16H20N2O2/c1-3-18(11-14(17-2)16(19)20)15-10-6-8-12-7-4-5-9-13(12)15/h4-10,14,17H,3,11H2,1-2H3,(H,19,20). The minimum atomic E-state index is -0.828. The number of carboxylic acid groups (broad SMARTS) is 1. The molecule has 0 aromatic heterocycles. The first-order chi connectivity index (χ1) is 9.67. The lowest BCUT2D eigenvalue weighted by Gasteiger charge is -2.27. The number of aliphatic carboxylic acids is 1. The summed E-state index contributed by atoms with van der Waals surface area (Å²) in [5.74, 6) is -0.828. The molecule has 4 nitrogen and oxygen atoms in total. The van der Waals surface area contributed by atoms with E-state index in [0.717, 1.165) is 17.6 Å². The van der Waals surface area contributed by atoms with Gasteiger partial charge in [-0.15, -0.1) is 0 Å². The van der Waals surface area contributed by atoms with E-state index in [4.69, 9.17) is 0 Å². The van der Waals surface area contributed by atoms with Gasteiger partial charge >= 0.3 is 5.97 Å². The summed E-state index contributed by atoms with van der Waals surface area (Å²) in [6.07, 6.45) is 0. The number of nitrogens with zero attached hydrogens (tertiary/aromatic N) is 1. The second-order valence-corrected chi connectivity index (χ2v) is 4.72. The molecule has 0 radical (unpaired) electrons. The Morgan fingerprint density at radius 1 is 1.25 bits per heavy atom. The van der Waals surface area contributed by atoms with E-state index in [0.29, 0.717) is 6.54 Å². The van der Waals surface area contributed by atoms with E-state index in [-0.39, 0.29) is 0 Å². The molecule has 4 heteroatoms. The van der Waals surface area contributed by atoms with Crippen LogP contribution in [-0.4, -0.2) is 37.3 Å². The Labute approximate surface area is 119 Å². The zero-order valence-electron chi connectivity index (χ0n) is 11.8. The average molecular weight is 272 g/mol. The van der Waals surface area contributed by atoms with Gasteiger partial charge in [0.15, 0.2) is 0 Å². The van der Waals surface area contributed by atoms with Crippen LogP contribution >= 0.6 is 0 Å². The number of carbonyl (C=O) groups is 1. The first kappa shape index (κ1) is 14.3. The van der Waals surface area contributed by atoms with Crippen molar-refractivity contribution in [2.24, 2.45) is 0 Å². The Balaban J connectivity index is 2.37. The van der Waals surface area contributed by atoms with Gasteiger partial charge in [0.2, 0.25) is 0 Å². The average Bonchev–Trinajstić information content (AvgIpc) is 2.48. The van der Waals surface area contributed by atoms with Gasteiger partial charge in [-0.1, -0.05) is 36.4 Å². The Kier molecular flexibility index (Phi) is 4.58. The Bertz CT molecular complexity index is 593. The van der Waals surface area contributed by atoms with E-state index in [1.165, 1.54) is 5.39 Å². The van der Waals surface area contributed by atoms with Crippen molar-refractivity contribution in [2.75, 3.05) is 25.0 Å². The zero-order chi connectivity index (χ0) is 14.5. The second-order valence-electron chi connectivity index (χ2n) is 4.72. The van der Waals surface area contributed by atoms with Crippen molar-refractivity contribution in [1.29, 1.82) is 0 Å². The monoisotopic (exact) mass is 272 g/mol. The van der Waals surface area contributed by atoms with Gasteiger partial charge in [-0.3, -0.25) is 4.79 Å². The fourth-order valence-electron chi connectivity index (χ4n) is 2.40. The van der Waals surface area contributed by atoms with Crippen molar-refractivity contribution in [2.45, 2.75) is 13.0 Å². The van der Waals surface area contributed by atoms with Crippen LogP contribution in [0, 0.1) is 0 Å². The maximum absolute atomic E-state index is 11.2. The molecule has 0 fully saturated rings. The molecule has 20 heavy (non-hydrogen) atoms. The molecule has 0 aliphatic rings. The normalized spacial score (nSPS) is 12.3. The second kappa shape index (κ2) is 6.39. The highest BCUT2D eigenvalue weighted by Crippen LogP contribution is 2.26. The van der Waals surface area contributed by atoms with E-state index in [9.17, 15) is 9.90 Å².